The zero-order valence-electron chi connectivity index (χ0n) is 10.7. The summed E-state index contributed by atoms with van der Waals surface area (Å²) >= 11 is 0. The van der Waals surface area contributed by atoms with Crippen LogP contribution < -0.4 is 4.72 Å². The molecule has 18 heavy (non-hydrogen) atoms. The van der Waals surface area contributed by atoms with Crippen molar-refractivity contribution in [2.45, 2.75) is 32.7 Å². The monoisotopic (exact) mass is 273 g/mol. The first-order chi connectivity index (χ1) is 8.49. The van der Waals surface area contributed by atoms with Gasteiger partial charge < -0.3 is 4.52 Å². The predicted octanol–water partition coefficient (Wildman–Crippen LogP) is 1.30. The third-order valence-corrected chi connectivity index (χ3v) is 4.85. The lowest BCUT2D eigenvalue weighted by Crippen LogP contribution is -2.46. The summed E-state index contributed by atoms with van der Waals surface area (Å²) < 4.78 is 33.2. The maximum absolute atomic E-state index is 12.2. The molecule has 102 valence electrons. The molecule has 1 aliphatic rings. The van der Waals surface area contributed by atoms with Crippen molar-refractivity contribution in [2.75, 3.05) is 13.1 Å². The van der Waals surface area contributed by atoms with Crippen LogP contribution in [-0.2, 0) is 10.2 Å². The highest BCUT2D eigenvalue weighted by atomic mass is 32.2. The highest BCUT2D eigenvalue weighted by molar-refractivity contribution is 7.87. The first-order valence-electron chi connectivity index (χ1n) is 6.16. The van der Waals surface area contributed by atoms with Gasteiger partial charge in [-0.3, -0.25) is 0 Å². The van der Waals surface area contributed by atoms with Gasteiger partial charge in [0.1, 0.15) is 12.0 Å². The van der Waals surface area contributed by atoms with Crippen LogP contribution in [0.1, 0.15) is 38.4 Å². The minimum atomic E-state index is -3.44. The highest BCUT2D eigenvalue weighted by Gasteiger charge is 2.28. The van der Waals surface area contributed by atoms with Gasteiger partial charge in [0, 0.05) is 19.2 Å². The molecule has 0 saturated carbocycles. The standard InChI is InChI=1S/C11H19N3O3S/c1-9-4-3-6-14(8-9)18(15,16)13-10(2)11-5-7-17-12-11/h5,7,9-10,13H,3-4,6,8H2,1-2H3/t9-,10-/m0/s1. The SMILES string of the molecule is C[C@H]1CCCN(S(=O)(=O)N[C@@H](C)c2ccon2)C1. The number of hydrogen-bond acceptors (Lipinski definition) is 4. The Hall–Kier alpha value is -0.920. The summed E-state index contributed by atoms with van der Waals surface area (Å²) in [4.78, 5) is 0. The molecule has 0 bridgehead atoms. The molecule has 0 aliphatic carbocycles. The van der Waals surface area contributed by atoms with Crippen molar-refractivity contribution in [3.05, 3.63) is 18.0 Å². The summed E-state index contributed by atoms with van der Waals surface area (Å²) in [6, 6.07) is 1.28. The Kier molecular flexibility index (Phi) is 4.04. The van der Waals surface area contributed by atoms with E-state index in [1.807, 2.05) is 0 Å². The lowest BCUT2D eigenvalue weighted by atomic mass is 10.0. The summed E-state index contributed by atoms with van der Waals surface area (Å²) in [5.74, 6) is 0.415. The average molecular weight is 273 g/mol. The normalized spacial score (nSPS) is 24.0. The summed E-state index contributed by atoms with van der Waals surface area (Å²) in [5, 5.41) is 3.74. The minimum absolute atomic E-state index is 0.383. The topological polar surface area (TPSA) is 75.4 Å². The molecular weight excluding hydrogens is 254 g/mol. The molecule has 2 atom stereocenters. The van der Waals surface area contributed by atoms with E-state index in [0.717, 1.165) is 12.8 Å². The van der Waals surface area contributed by atoms with Crippen molar-refractivity contribution in [3.63, 3.8) is 0 Å². The Balaban J connectivity index is 2.02. The van der Waals surface area contributed by atoms with Gasteiger partial charge in [-0.25, -0.2) is 0 Å². The summed E-state index contributed by atoms with van der Waals surface area (Å²) in [5.41, 5.74) is 0.587. The van der Waals surface area contributed by atoms with E-state index in [9.17, 15) is 8.42 Å². The lowest BCUT2D eigenvalue weighted by molar-refractivity contribution is 0.276. The molecule has 7 heteroatoms. The van der Waals surface area contributed by atoms with Crippen molar-refractivity contribution in [3.8, 4) is 0 Å². The Morgan fingerprint density at radius 1 is 1.61 bits per heavy atom. The Bertz CT molecular complexity index is 472. The molecule has 1 aromatic heterocycles. The van der Waals surface area contributed by atoms with Crippen LogP contribution in [-0.4, -0.2) is 31.0 Å². The third kappa shape index (κ3) is 3.09. The summed E-state index contributed by atoms with van der Waals surface area (Å²) in [7, 11) is -3.44. The van der Waals surface area contributed by atoms with Crippen molar-refractivity contribution in [1.29, 1.82) is 0 Å². The molecule has 1 N–H and O–H groups in total. The minimum Gasteiger partial charge on any atom is -0.364 e. The zero-order valence-corrected chi connectivity index (χ0v) is 11.5. The molecule has 0 spiro atoms. The zero-order chi connectivity index (χ0) is 13.2. The first-order valence-corrected chi connectivity index (χ1v) is 7.60. The molecule has 0 amide bonds. The van der Waals surface area contributed by atoms with E-state index in [1.165, 1.54) is 10.6 Å². The number of nitrogens with one attached hydrogen (secondary N) is 1. The number of rotatable bonds is 4. The van der Waals surface area contributed by atoms with Crippen molar-refractivity contribution in [1.82, 2.24) is 14.2 Å². The van der Waals surface area contributed by atoms with Gasteiger partial charge in [0.25, 0.3) is 10.2 Å². The highest BCUT2D eigenvalue weighted by Crippen LogP contribution is 2.19. The van der Waals surface area contributed by atoms with Crippen molar-refractivity contribution < 1.29 is 12.9 Å². The van der Waals surface area contributed by atoms with Crippen LogP contribution in [0.4, 0.5) is 0 Å². The Morgan fingerprint density at radius 3 is 3.00 bits per heavy atom. The molecule has 6 nitrogen and oxygen atoms in total. The van der Waals surface area contributed by atoms with Crippen LogP contribution in [0.25, 0.3) is 0 Å². The number of piperidine rings is 1. The van der Waals surface area contributed by atoms with E-state index in [1.54, 1.807) is 13.0 Å². The first kappa shape index (κ1) is 13.5. The molecule has 2 heterocycles. The summed E-state index contributed by atoms with van der Waals surface area (Å²) in [6.45, 7) is 5.00. The van der Waals surface area contributed by atoms with Crippen molar-refractivity contribution in [2.24, 2.45) is 5.92 Å². The molecule has 0 aromatic carbocycles. The van der Waals surface area contributed by atoms with Gasteiger partial charge in [-0.1, -0.05) is 12.1 Å². The molecule has 1 fully saturated rings. The van der Waals surface area contributed by atoms with E-state index >= 15 is 0 Å². The molecule has 0 unspecified atom stereocenters. The molecular formula is C11H19N3O3S. The van der Waals surface area contributed by atoms with E-state index < -0.39 is 10.2 Å². The van der Waals surface area contributed by atoms with Gasteiger partial charge >= 0.3 is 0 Å². The fraction of sp³-hybridized carbons (Fsp3) is 0.727. The maximum atomic E-state index is 12.2. The van der Waals surface area contributed by atoms with Crippen LogP contribution in [0, 0.1) is 5.92 Å². The van der Waals surface area contributed by atoms with Crippen LogP contribution >= 0.6 is 0 Å². The molecule has 2 rings (SSSR count). The second-order valence-corrected chi connectivity index (χ2v) is 6.58. The van der Waals surface area contributed by atoms with E-state index in [2.05, 4.69) is 16.8 Å². The van der Waals surface area contributed by atoms with Crippen LogP contribution in [0.2, 0.25) is 0 Å². The van der Waals surface area contributed by atoms with Crippen LogP contribution in [0.15, 0.2) is 16.9 Å². The van der Waals surface area contributed by atoms with Gasteiger partial charge in [-0.15, -0.1) is 0 Å². The van der Waals surface area contributed by atoms with Gasteiger partial charge in [0.15, 0.2) is 0 Å². The van der Waals surface area contributed by atoms with Gasteiger partial charge in [-0.05, 0) is 25.7 Å². The summed E-state index contributed by atoms with van der Waals surface area (Å²) in [6.07, 6.45) is 3.44. The molecule has 1 aliphatic heterocycles. The van der Waals surface area contributed by atoms with Gasteiger partial charge in [0.2, 0.25) is 0 Å². The Morgan fingerprint density at radius 2 is 2.39 bits per heavy atom. The lowest BCUT2D eigenvalue weighted by Gasteiger charge is -2.30. The quantitative estimate of drug-likeness (QED) is 0.897. The van der Waals surface area contributed by atoms with Crippen LogP contribution in [0.5, 0.6) is 0 Å². The fourth-order valence-corrected chi connectivity index (χ4v) is 3.70. The van der Waals surface area contributed by atoms with Gasteiger partial charge in [-0.2, -0.15) is 17.4 Å². The Labute approximate surface area is 108 Å². The number of aromatic nitrogens is 1. The molecule has 0 radical (unpaired) electrons. The molecule has 1 saturated heterocycles. The second kappa shape index (κ2) is 5.38. The van der Waals surface area contributed by atoms with E-state index in [0.29, 0.717) is 24.7 Å². The average Bonchev–Trinajstić information content (AvgIpc) is 2.82. The third-order valence-electron chi connectivity index (χ3n) is 3.19. The van der Waals surface area contributed by atoms with E-state index in [4.69, 9.17) is 4.52 Å². The number of nitrogens with zero attached hydrogens (tertiary/aromatic N) is 2. The molecule has 1 aromatic rings. The predicted molar refractivity (Wildman–Crippen MR) is 66.9 cm³/mol. The van der Waals surface area contributed by atoms with Crippen LogP contribution in [0.3, 0.4) is 0 Å². The van der Waals surface area contributed by atoms with Crippen molar-refractivity contribution >= 4 is 10.2 Å². The van der Waals surface area contributed by atoms with E-state index in [-0.39, 0.29) is 6.04 Å². The smallest absolute Gasteiger partial charge is 0.280 e. The maximum Gasteiger partial charge on any atom is 0.280 e. The largest absolute Gasteiger partial charge is 0.364 e. The second-order valence-electron chi connectivity index (χ2n) is 4.87. The fourth-order valence-electron chi connectivity index (χ4n) is 2.17. The number of hydrogen-bond donors (Lipinski definition) is 1. The van der Waals surface area contributed by atoms with Gasteiger partial charge in [0.05, 0.1) is 6.04 Å².